The Labute approximate surface area is 202 Å². The Morgan fingerprint density at radius 1 is 1.06 bits per heavy atom. The molecule has 2 N–H and O–H groups in total. The summed E-state index contributed by atoms with van der Waals surface area (Å²) in [6, 6.07) is 8.72. The van der Waals surface area contributed by atoms with Gasteiger partial charge in [0.15, 0.2) is 5.96 Å². The zero-order valence-electron chi connectivity index (χ0n) is 18.5. The van der Waals surface area contributed by atoms with Crippen LogP contribution in [-0.2, 0) is 16.1 Å². The zero-order valence-corrected chi connectivity index (χ0v) is 20.9. The quantitative estimate of drug-likeness (QED) is 0.169. The van der Waals surface area contributed by atoms with Gasteiger partial charge in [-0.25, -0.2) is 0 Å². The Bertz CT molecular complexity index is 724. The van der Waals surface area contributed by atoms with E-state index < -0.39 is 0 Å². The number of amides is 1. The summed E-state index contributed by atoms with van der Waals surface area (Å²) in [5.41, 5.74) is 2.49. The molecule has 0 unspecified atom stereocenters. The molecule has 0 aliphatic carbocycles. The molecule has 1 aromatic rings. The van der Waals surface area contributed by atoms with Crippen LogP contribution in [0.25, 0.3) is 0 Å². The number of nitrogens with zero attached hydrogens (tertiary/aromatic N) is 4. The first-order valence-electron chi connectivity index (χ1n) is 10.6. The number of rotatable bonds is 8. The van der Waals surface area contributed by atoms with E-state index in [4.69, 9.17) is 4.74 Å². The number of aliphatic imine (C=N–C) groups is 1. The van der Waals surface area contributed by atoms with Gasteiger partial charge in [0.05, 0.1) is 13.2 Å². The molecule has 0 radical (unpaired) electrons. The van der Waals surface area contributed by atoms with E-state index in [0.717, 1.165) is 51.8 Å². The molecule has 0 bridgehead atoms. The summed E-state index contributed by atoms with van der Waals surface area (Å²) < 4.78 is 4.96. The molecule has 1 amide bonds. The van der Waals surface area contributed by atoms with E-state index in [2.05, 4.69) is 66.7 Å². The van der Waals surface area contributed by atoms with Crippen molar-refractivity contribution < 1.29 is 9.53 Å². The second-order valence-electron chi connectivity index (χ2n) is 7.55. The summed E-state index contributed by atoms with van der Waals surface area (Å²) in [4.78, 5) is 23.2. The van der Waals surface area contributed by atoms with E-state index >= 15 is 0 Å². The Hall–Kier alpha value is -1.85. The number of nitrogens with one attached hydrogen (secondary N) is 2. The summed E-state index contributed by atoms with van der Waals surface area (Å²) in [6.45, 7) is 7.65. The molecule has 2 heterocycles. The Kier molecular flexibility index (Phi) is 11.1. The van der Waals surface area contributed by atoms with Gasteiger partial charge in [-0.2, -0.15) is 0 Å². The van der Waals surface area contributed by atoms with E-state index in [1.54, 1.807) is 7.11 Å². The Balaban J connectivity index is 0.00000341. The average molecular weight is 542 g/mol. The lowest BCUT2D eigenvalue weighted by molar-refractivity contribution is -0.122. The lowest BCUT2D eigenvalue weighted by Gasteiger charge is -2.36. The van der Waals surface area contributed by atoms with Gasteiger partial charge in [0.25, 0.3) is 0 Å². The van der Waals surface area contributed by atoms with Crippen molar-refractivity contribution in [2.24, 2.45) is 4.99 Å². The van der Waals surface area contributed by atoms with Crippen LogP contribution in [0.5, 0.6) is 0 Å². The molecule has 2 aliphatic heterocycles. The molecule has 2 aliphatic rings. The Morgan fingerprint density at radius 3 is 2.35 bits per heavy atom. The van der Waals surface area contributed by atoms with Crippen LogP contribution in [0.2, 0.25) is 0 Å². The van der Waals surface area contributed by atoms with E-state index in [1.807, 2.05) is 7.05 Å². The van der Waals surface area contributed by atoms with Crippen molar-refractivity contribution in [1.29, 1.82) is 0 Å². The fraction of sp³-hybridized carbons (Fsp3) is 0.545. The third kappa shape index (κ3) is 7.97. The third-order valence-electron chi connectivity index (χ3n) is 5.45. The number of piperazine rings is 1. The standard InChI is InChI=1S/C22H34N6O2.HI/c1-23-22(25-17-19-5-7-20(8-6-19)27-10-3-4-11-27)28-14-12-26(13-15-28)18-21(29)24-9-16-30-2;/h3-8H,9-18H2,1-2H3,(H,23,25)(H,24,29);1H. The van der Waals surface area contributed by atoms with Crippen LogP contribution < -0.4 is 15.5 Å². The minimum atomic E-state index is 0. The second-order valence-corrected chi connectivity index (χ2v) is 7.55. The molecule has 1 saturated heterocycles. The molecule has 0 atom stereocenters. The number of methoxy groups -OCH3 is 1. The highest BCUT2D eigenvalue weighted by Crippen LogP contribution is 2.17. The highest BCUT2D eigenvalue weighted by atomic mass is 127. The van der Waals surface area contributed by atoms with Gasteiger partial charge in [0.2, 0.25) is 5.91 Å². The summed E-state index contributed by atoms with van der Waals surface area (Å²) in [5.74, 6) is 0.961. The van der Waals surface area contributed by atoms with E-state index in [9.17, 15) is 4.79 Å². The molecule has 8 nitrogen and oxygen atoms in total. The SMILES string of the molecule is CN=C(NCc1ccc(N2CC=CC2)cc1)N1CCN(CC(=O)NCCOC)CC1.I. The maximum absolute atomic E-state index is 12.0. The number of carbonyl (C=O) groups is 1. The number of carbonyl (C=O) groups excluding carboxylic acids is 1. The minimum absolute atomic E-state index is 0. The maximum atomic E-state index is 12.0. The van der Waals surface area contributed by atoms with Crippen molar-refractivity contribution in [1.82, 2.24) is 20.4 Å². The van der Waals surface area contributed by atoms with Crippen molar-refractivity contribution in [3.8, 4) is 0 Å². The Morgan fingerprint density at radius 2 is 1.74 bits per heavy atom. The molecular weight excluding hydrogens is 507 g/mol. The van der Waals surface area contributed by atoms with Crippen molar-refractivity contribution in [2.45, 2.75) is 6.54 Å². The van der Waals surface area contributed by atoms with Crippen molar-refractivity contribution in [3.63, 3.8) is 0 Å². The minimum Gasteiger partial charge on any atom is -0.383 e. The highest BCUT2D eigenvalue weighted by molar-refractivity contribution is 14.0. The van der Waals surface area contributed by atoms with Gasteiger partial charge in [-0.3, -0.25) is 14.7 Å². The van der Waals surface area contributed by atoms with E-state index in [1.165, 1.54) is 11.3 Å². The summed E-state index contributed by atoms with van der Waals surface area (Å²) in [6.07, 6.45) is 4.40. The van der Waals surface area contributed by atoms with Gasteiger partial charge in [-0.05, 0) is 17.7 Å². The molecule has 3 rings (SSSR count). The molecule has 0 aromatic heterocycles. The number of ether oxygens (including phenoxy) is 1. The number of guanidine groups is 1. The number of halogens is 1. The third-order valence-corrected chi connectivity index (χ3v) is 5.45. The van der Waals surface area contributed by atoms with Gasteiger partial charge in [-0.1, -0.05) is 24.3 Å². The second kappa shape index (κ2) is 13.5. The average Bonchev–Trinajstić information content (AvgIpc) is 3.31. The molecule has 0 spiro atoms. The number of hydrogen-bond acceptors (Lipinski definition) is 5. The normalized spacial score (nSPS) is 16.9. The number of anilines is 1. The van der Waals surface area contributed by atoms with Crippen molar-refractivity contribution >= 4 is 41.5 Å². The largest absolute Gasteiger partial charge is 0.383 e. The van der Waals surface area contributed by atoms with Crippen molar-refractivity contribution in [3.05, 3.63) is 42.0 Å². The maximum Gasteiger partial charge on any atom is 0.234 e. The van der Waals surface area contributed by atoms with E-state index in [-0.39, 0.29) is 29.9 Å². The zero-order chi connectivity index (χ0) is 21.2. The highest BCUT2D eigenvalue weighted by Gasteiger charge is 2.21. The van der Waals surface area contributed by atoms with E-state index in [0.29, 0.717) is 19.7 Å². The van der Waals surface area contributed by atoms with Crippen molar-refractivity contribution in [2.75, 3.05) is 78.0 Å². The smallest absolute Gasteiger partial charge is 0.234 e. The molecule has 9 heteroatoms. The first kappa shape index (κ1) is 25.4. The van der Waals surface area contributed by atoms with Crippen LogP contribution in [0.1, 0.15) is 5.56 Å². The van der Waals surface area contributed by atoms with Gasteiger partial charge in [0.1, 0.15) is 0 Å². The van der Waals surface area contributed by atoms with Gasteiger partial charge < -0.3 is 25.2 Å². The monoisotopic (exact) mass is 542 g/mol. The summed E-state index contributed by atoms with van der Waals surface area (Å²) in [7, 11) is 3.45. The van der Waals surface area contributed by atoms with Crippen LogP contribution >= 0.6 is 24.0 Å². The van der Waals surface area contributed by atoms with Gasteiger partial charge in [0, 0.05) is 72.2 Å². The van der Waals surface area contributed by atoms with Crippen LogP contribution in [0.15, 0.2) is 41.4 Å². The summed E-state index contributed by atoms with van der Waals surface area (Å²) >= 11 is 0. The molecule has 31 heavy (non-hydrogen) atoms. The van der Waals surface area contributed by atoms with Crippen LogP contribution in [0, 0.1) is 0 Å². The molecular formula is C22H35IN6O2. The predicted octanol–water partition coefficient (Wildman–Crippen LogP) is 1.14. The topological polar surface area (TPSA) is 72.4 Å². The molecule has 1 aromatic carbocycles. The lowest BCUT2D eigenvalue weighted by Crippen LogP contribution is -2.54. The van der Waals surface area contributed by atoms with Gasteiger partial charge >= 0.3 is 0 Å². The fourth-order valence-electron chi connectivity index (χ4n) is 3.70. The van der Waals surface area contributed by atoms with Crippen LogP contribution in [0.4, 0.5) is 5.69 Å². The molecule has 1 fully saturated rings. The number of benzene rings is 1. The van der Waals surface area contributed by atoms with Gasteiger partial charge in [-0.15, -0.1) is 24.0 Å². The first-order chi connectivity index (χ1) is 14.7. The van der Waals surface area contributed by atoms with Crippen LogP contribution in [-0.4, -0.2) is 94.8 Å². The number of hydrogen-bond donors (Lipinski definition) is 2. The first-order valence-corrected chi connectivity index (χ1v) is 10.6. The lowest BCUT2D eigenvalue weighted by atomic mass is 10.2. The van der Waals surface area contributed by atoms with Crippen LogP contribution in [0.3, 0.4) is 0 Å². The predicted molar refractivity (Wildman–Crippen MR) is 136 cm³/mol. The summed E-state index contributed by atoms with van der Waals surface area (Å²) in [5, 5.41) is 6.35. The molecule has 172 valence electrons. The molecule has 0 saturated carbocycles. The fourth-order valence-corrected chi connectivity index (χ4v) is 3.70.